The molecular weight excluding hydrogens is 498 g/mol. The maximum absolute atomic E-state index is 12.8. The van der Waals surface area contributed by atoms with E-state index in [1.165, 1.54) is 0 Å². The molecule has 4 rings (SSSR count). The van der Waals surface area contributed by atoms with Gasteiger partial charge in [0.1, 0.15) is 0 Å². The minimum Gasteiger partial charge on any atom is -0.461 e. The first-order valence-electron chi connectivity index (χ1n) is 10.3. The fourth-order valence-electron chi connectivity index (χ4n) is 3.65. The maximum atomic E-state index is 12.8. The Morgan fingerprint density at radius 3 is 2.62 bits per heavy atom. The second-order valence-corrected chi connectivity index (χ2v) is 8.64. The van der Waals surface area contributed by atoms with E-state index in [-0.39, 0.29) is 25.1 Å². The van der Waals surface area contributed by atoms with Crippen LogP contribution in [0.5, 0.6) is 11.5 Å². The van der Waals surface area contributed by atoms with Gasteiger partial charge in [0.25, 0.3) is 0 Å². The Morgan fingerprint density at radius 1 is 1.22 bits per heavy atom. The number of nitrogens with zero attached hydrogens (tertiary/aromatic N) is 2. The van der Waals surface area contributed by atoms with Crippen molar-refractivity contribution < 1.29 is 19.0 Å². The molecule has 0 aliphatic carbocycles. The third-order valence-electron chi connectivity index (χ3n) is 5.05. The van der Waals surface area contributed by atoms with Crippen LogP contribution in [-0.4, -0.2) is 28.9 Å². The van der Waals surface area contributed by atoms with Gasteiger partial charge in [-0.3, -0.25) is 0 Å². The Hall–Kier alpha value is -2.71. The monoisotopic (exact) mass is 519 g/mol. The summed E-state index contributed by atoms with van der Waals surface area (Å²) in [7, 11) is 0. The quantitative estimate of drug-likeness (QED) is 0.386. The number of esters is 1. The zero-order valence-electron chi connectivity index (χ0n) is 17.9. The summed E-state index contributed by atoms with van der Waals surface area (Å²) < 4.78 is 18.8. The molecule has 0 spiro atoms. The van der Waals surface area contributed by atoms with Crippen LogP contribution < -0.4 is 14.8 Å². The summed E-state index contributed by atoms with van der Waals surface area (Å²) in [6.45, 7) is 6.29. The third-order valence-corrected chi connectivity index (χ3v) is 5.86. The molecule has 2 aromatic carbocycles. The number of hydrogen-bond acceptors (Lipinski definition) is 6. The smallest absolute Gasteiger partial charge is 0.358 e. The van der Waals surface area contributed by atoms with Crippen molar-refractivity contribution in [3.63, 3.8) is 0 Å². The van der Waals surface area contributed by atoms with Gasteiger partial charge in [-0.2, -0.15) is 0 Å². The Morgan fingerprint density at radius 2 is 1.94 bits per heavy atom. The van der Waals surface area contributed by atoms with Gasteiger partial charge in [-0.1, -0.05) is 23.7 Å². The lowest BCUT2D eigenvalue weighted by atomic mass is 10.0. The summed E-state index contributed by atoms with van der Waals surface area (Å²) in [5.74, 6) is 0.879. The average Bonchev–Trinajstić information content (AvgIpc) is 3.36. The van der Waals surface area contributed by atoms with Crippen LogP contribution in [0.2, 0.25) is 5.02 Å². The number of anilines is 1. The molecule has 0 saturated heterocycles. The minimum atomic E-state index is -0.478. The number of nitrogens with one attached hydrogen (secondary N) is 1. The number of imidazole rings is 1. The van der Waals surface area contributed by atoms with Crippen molar-refractivity contribution in [1.82, 2.24) is 9.55 Å². The van der Waals surface area contributed by atoms with Gasteiger partial charge in [0.2, 0.25) is 6.79 Å². The summed E-state index contributed by atoms with van der Waals surface area (Å²) in [5, 5.41) is 4.16. The van der Waals surface area contributed by atoms with Crippen molar-refractivity contribution in [3.05, 3.63) is 69.2 Å². The normalized spacial score (nSPS) is 13.3. The molecule has 1 aliphatic heterocycles. The van der Waals surface area contributed by atoms with Crippen LogP contribution in [-0.2, 0) is 4.74 Å². The van der Waals surface area contributed by atoms with Crippen LogP contribution >= 0.6 is 27.5 Å². The Labute approximate surface area is 199 Å². The number of rotatable bonds is 7. The van der Waals surface area contributed by atoms with Crippen LogP contribution in [0.3, 0.4) is 0 Å². The molecule has 32 heavy (non-hydrogen) atoms. The Balaban J connectivity index is 1.86. The molecule has 1 aromatic heterocycles. The van der Waals surface area contributed by atoms with E-state index in [0.717, 1.165) is 11.3 Å². The predicted molar refractivity (Wildman–Crippen MR) is 126 cm³/mol. The molecule has 168 valence electrons. The molecule has 0 radical (unpaired) electrons. The highest BCUT2D eigenvalue weighted by Gasteiger charge is 2.31. The van der Waals surface area contributed by atoms with Gasteiger partial charge in [-0.15, -0.1) is 0 Å². The van der Waals surface area contributed by atoms with E-state index >= 15 is 0 Å². The predicted octanol–water partition coefficient (Wildman–Crippen LogP) is 5.99. The second-order valence-electron chi connectivity index (χ2n) is 7.50. The molecule has 0 amide bonds. The van der Waals surface area contributed by atoms with Gasteiger partial charge in [0.15, 0.2) is 21.9 Å². The molecule has 0 fully saturated rings. The van der Waals surface area contributed by atoms with E-state index in [9.17, 15) is 4.79 Å². The number of carbonyl (C=O) groups is 1. The summed E-state index contributed by atoms with van der Waals surface area (Å²) in [5.41, 5.74) is 2.65. The van der Waals surface area contributed by atoms with E-state index in [1.807, 2.05) is 60.9 Å². The first-order chi connectivity index (χ1) is 15.4. The molecule has 1 unspecified atom stereocenters. The van der Waals surface area contributed by atoms with Gasteiger partial charge < -0.3 is 24.1 Å². The second kappa shape index (κ2) is 9.42. The highest BCUT2D eigenvalue weighted by molar-refractivity contribution is 9.10. The first kappa shape index (κ1) is 22.5. The molecule has 7 nitrogen and oxygen atoms in total. The topological polar surface area (TPSA) is 74.6 Å². The molecular formula is C23H23BrClN3O4. The van der Waals surface area contributed by atoms with Crippen molar-refractivity contribution in [1.29, 1.82) is 0 Å². The molecule has 0 bridgehead atoms. The zero-order valence-corrected chi connectivity index (χ0v) is 20.2. The van der Waals surface area contributed by atoms with Crippen LogP contribution in [0.1, 0.15) is 54.6 Å². The molecule has 1 atom stereocenters. The summed E-state index contributed by atoms with van der Waals surface area (Å²) >= 11 is 9.67. The van der Waals surface area contributed by atoms with Gasteiger partial charge in [0.05, 0.1) is 18.3 Å². The number of carbonyl (C=O) groups excluding carboxylic acids is 1. The molecule has 0 saturated carbocycles. The van der Waals surface area contributed by atoms with Crippen molar-refractivity contribution in [2.24, 2.45) is 0 Å². The van der Waals surface area contributed by atoms with Crippen LogP contribution in [0, 0.1) is 0 Å². The largest absolute Gasteiger partial charge is 0.461 e. The molecule has 9 heteroatoms. The number of benzene rings is 2. The van der Waals surface area contributed by atoms with E-state index in [1.54, 1.807) is 6.92 Å². The molecule has 2 heterocycles. The molecule has 1 aliphatic rings. The lowest BCUT2D eigenvalue weighted by molar-refractivity contribution is 0.0518. The fraction of sp³-hybridized carbons (Fsp3) is 0.304. The average molecular weight is 521 g/mol. The van der Waals surface area contributed by atoms with Crippen molar-refractivity contribution in [2.75, 3.05) is 18.7 Å². The zero-order chi connectivity index (χ0) is 22.8. The third kappa shape index (κ3) is 4.42. The summed E-state index contributed by atoms with van der Waals surface area (Å²) in [6.07, 6.45) is 0. The van der Waals surface area contributed by atoms with E-state index in [0.29, 0.717) is 26.9 Å². The number of fused-ring (bicyclic) bond motifs is 1. The first-order valence-corrected chi connectivity index (χ1v) is 11.4. The van der Waals surface area contributed by atoms with Crippen molar-refractivity contribution in [2.45, 2.75) is 32.9 Å². The maximum Gasteiger partial charge on any atom is 0.358 e. The van der Waals surface area contributed by atoms with Gasteiger partial charge >= 0.3 is 5.97 Å². The Bertz CT molecular complexity index is 1130. The number of hydrogen-bond donors (Lipinski definition) is 1. The minimum absolute atomic E-state index is 0.0309. The summed E-state index contributed by atoms with van der Waals surface area (Å²) in [6, 6.07) is 12.7. The Kier molecular flexibility index (Phi) is 6.62. The molecule has 1 N–H and O–H groups in total. The highest BCUT2D eigenvalue weighted by Crippen LogP contribution is 2.38. The van der Waals surface area contributed by atoms with Crippen LogP contribution in [0.25, 0.3) is 0 Å². The van der Waals surface area contributed by atoms with Crippen LogP contribution in [0.4, 0.5) is 5.69 Å². The lowest BCUT2D eigenvalue weighted by Gasteiger charge is -2.25. The lowest BCUT2D eigenvalue weighted by Crippen LogP contribution is -2.21. The SMILES string of the molecule is CCOC(=O)c1nc(Br)n(C(C)C)c1C(Nc1ccc2c(c1)OCO2)c1ccc(Cl)cc1. The number of ether oxygens (including phenoxy) is 3. The van der Waals surface area contributed by atoms with E-state index in [2.05, 4.69) is 26.2 Å². The number of aromatic nitrogens is 2. The van der Waals surface area contributed by atoms with E-state index in [4.69, 9.17) is 25.8 Å². The van der Waals surface area contributed by atoms with Crippen LogP contribution in [0.15, 0.2) is 47.2 Å². The van der Waals surface area contributed by atoms with Gasteiger partial charge in [-0.25, -0.2) is 9.78 Å². The van der Waals surface area contributed by atoms with E-state index < -0.39 is 12.0 Å². The highest BCUT2D eigenvalue weighted by atomic mass is 79.9. The number of halogens is 2. The van der Waals surface area contributed by atoms with Crippen molar-refractivity contribution >= 4 is 39.2 Å². The standard InChI is InChI=1S/C23H23BrClN3O4/c1-4-30-22(29)20-21(28(13(2)3)23(24)27-20)19(14-5-7-15(25)8-6-14)26-16-9-10-17-18(11-16)32-12-31-17/h5-11,13,19,26H,4,12H2,1-3H3. The fourth-order valence-corrected chi connectivity index (χ4v) is 4.56. The summed E-state index contributed by atoms with van der Waals surface area (Å²) in [4.78, 5) is 17.4. The van der Waals surface area contributed by atoms with Crippen molar-refractivity contribution in [3.8, 4) is 11.5 Å². The van der Waals surface area contributed by atoms with Gasteiger partial charge in [0, 0.05) is 22.8 Å². The van der Waals surface area contributed by atoms with Gasteiger partial charge in [-0.05, 0) is 66.5 Å². The molecule has 3 aromatic rings.